The van der Waals surface area contributed by atoms with Crippen molar-refractivity contribution in [1.29, 1.82) is 0 Å². The summed E-state index contributed by atoms with van der Waals surface area (Å²) in [5.74, 6) is 0. The fourth-order valence-corrected chi connectivity index (χ4v) is 0.863. The smallest absolute Gasteiger partial charge is 0.0814 e. The Labute approximate surface area is 130 Å². The van der Waals surface area contributed by atoms with E-state index in [1.807, 2.05) is 36.4 Å². The maximum absolute atomic E-state index is 3.28. The molecule has 0 amide bonds. The van der Waals surface area contributed by atoms with Crippen molar-refractivity contribution in [2.24, 2.45) is 0 Å². The summed E-state index contributed by atoms with van der Waals surface area (Å²) >= 11 is 0. The van der Waals surface area contributed by atoms with Crippen LogP contribution in [0.2, 0.25) is 0 Å². The van der Waals surface area contributed by atoms with Crippen molar-refractivity contribution in [2.75, 3.05) is 13.1 Å². The highest BCUT2D eigenvalue weighted by atomic mass is 14.8. The first kappa shape index (κ1) is 31.1. The fraction of sp³-hybridized carbons (Fsp3) is 0.333. The van der Waals surface area contributed by atoms with E-state index in [4.69, 9.17) is 0 Å². The molecule has 0 saturated carbocycles. The summed E-state index contributed by atoms with van der Waals surface area (Å²) < 4.78 is 0. The zero-order valence-electron chi connectivity index (χ0n) is 13.0. The molecule has 1 N–H and O–H groups in total. The summed E-state index contributed by atoms with van der Waals surface area (Å²) in [4.78, 5) is 0. The number of hydrogen-bond acceptors (Lipinski definition) is 1. The fourth-order valence-electron chi connectivity index (χ4n) is 0.863. The van der Waals surface area contributed by atoms with Gasteiger partial charge in [-0.05, 0) is 25.9 Å². The molecule has 1 aromatic rings. The first-order valence-electron chi connectivity index (χ1n) is 6.62. The van der Waals surface area contributed by atoms with Gasteiger partial charge in [-0.1, -0.05) is 50.2 Å². The van der Waals surface area contributed by atoms with Crippen LogP contribution in [0.25, 0.3) is 0 Å². The van der Waals surface area contributed by atoms with Gasteiger partial charge in [-0.3, -0.25) is 0 Å². The Balaban J connectivity index is -0.0000000528. The lowest BCUT2D eigenvalue weighted by atomic mass is 10.4. The zero-order chi connectivity index (χ0) is 15.8. The van der Waals surface area contributed by atoms with E-state index in [1.54, 1.807) is 0 Å². The van der Waals surface area contributed by atoms with Crippen molar-refractivity contribution >= 4 is 8.41 Å². The van der Waals surface area contributed by atoms with Gasteiger partial charge in [0.25, 0.3) is 0 Å². The van der Waals surface area contributed by atoms with Crippen LogP contribution in [-0.2, 0) is 0 Å². The highest BCUT2D eigenvalue weighted by Crippen LogP contribution is 1.79. The molecular weight excluding hydrogens is 241 g/mol. The van der Waals surface area contributed by atoms with Gasteiger partial charge >= 0.3 is 0 Å². The molecule has 0 saturated heterocycles. The molecule has 0 heterocycles. The van der Waals surface area contributed by atoms with E-state index < -0.39 is 0 Å². The lowest BCUT2D eigenvalue weighted by Crippen LogP contribution is -2.14. The van der Waals surface area contributed by atoms with Gasteiger partial charge in [-0.25, -0.2) is 0 Å². The summed E-state index contributed by atoms with van der Waals surface area (Å²) in [5.41, 5.74) is 0. The second-order valence-corrected chi connectivity index (χ2v) is 2.90. The van der Waals surface area contributed by atoms with Gasteiger partial charge in [0.05, 0.1) is 8.41 Å². The second-order valence-electron chi connectivity index (χ2n) is 2.90. The number of nitrogens with one attached hydrogen (secondary N) is 1. The molecule has 0 spiro atoms. The normalized spacial score (nSPS) is 6.30. The van der Waals surface area contributed by atoms with Gasteiger partial charge in [0, 0.05) is 0 Å². The molecule has 1 rings (SSSR count). The highest BCUT2D eigenvalue weighted by molar-refractivity contribution is 5.75. The third-order valence-electron chi connectivity index (χ3n) is 1.52. The van der Waals surface area contributed by atoms with Crippen LogP contribution in [-0.4, -0.2) is 21.5 Å². The molecule has 0 bridgehead atoms. The van der Waals surface area contributed by atoms with Crippen LogP contribution in [0.1, 0.15) is 26.7 Å². The van der Waals surface area contributed by atoms with Crippen molar-refractivity contribution in [3.63, 3.8) is 0 Å². The lowest BCUT2D eigenvalue weighted by molar-refractivity contribution is 0.662. The number of rotatable bonds is 4. The monoisotopic (exact) mass is 277 g/mol. The van der Waals surface area contributed by atoms with E-state index >= 15 is 0 Å². The molecule has 1 aromatic carbocycles. The Kier molecular flexibility index (Phi) is 82.1. The Morgan fingerprint density at radius 1 is 0.600 bits per heavy atom. The van der Waals surface area contributed by atoms with Crippen LogP contribution in [0.5, 0.6) is 0 Å². The molecule has 0 atom stereocenters. The molecule has 0 aliphatic heterocycles. The zero-order valence-corrected chi connectivity index (χ0v) is 13.0. The molecule has 0 aliphatic rings. The summed E-state index contributed by atoms with van der Waals surface area (Å²) in [6.45, 7) is 24.7. The van der Waals surface area contributed by atoms with Crippen LogP contribution in [0.15, 0.2) is 75.9 Å². The molecular formula is C18H36BN. The van der Waals surface area contributed by atoms with E-state index in [2.05, 4.69) is 58.6 Å². The lowest BCUT2D eigenvalue weighted by Gasteiger charge is -1.95. The highest BCUT2D eigenvalue weighted by Gasteiger charge is 1.76. The maximum atomic E-state index is 3.28. The molecule has 0 radical (unpaired) electrons. The quantitative estimate of drug-likeness (QED) is 0.491. The molecule has 0 unspecified atom stereocenters. The average Bonchev–Trinajstić information content (AvgIpc) is 2.56. The Morgan fingerprint density at radius 3 is 0.950 bits per heavy atom. The van der Waals surface area contributed by atoms with E-state index in [-0.39, 0.29) is 8.41 Å². The minimum atomic E-state index is 0. The number of hydrogen-bond donors (Lipinski definition) is 1. The standard InChI is InChI=1S/C6H15N.C6H6.3C2H4.BH3/c1-3-5-7-6-4-2;1-2-4-6-5-3-1;3*1-2;/h7H,3-6H2,1-2H3;1-6H;3*1-2H2;1H3. The molecule has 0 aliphatic carbocycles. The summed E-state index contributed by atoms with van der Waals surface area (Å²) in [5, 5.41) is 3.28. The SMILES string of the molecule is B.C=C.C=C.C=C.CCCNCCC.c1ccccc1. The van der Waals surface area contributed by atoms with Crippen LogP contribution >= 0.6 is 0 Å². The molecule has 20 heavy (non-hydrogen) atoms. The largest absolute Gasteiger partial charge is 0.317 e. The van der Waals surface area contributed by atoms with Crippen LogP contribution in [0, 0.1) is 0 Å². The van der Waals surface area contributed by atoms with Crippen molar-refractivity contribution in [2.45, 2.75) is 26.7 Å². The van der Waals surface area contributed by atoms with Crippen molar-refractivity contribution in [3.05, 3.63) is 75.9 Å². The van der Waals surface area contributed by atoms with Gasteiger partial charge < -0.3 is 5.32 Å². The third-order valence-corrected chi connectivity index (χ3v) is 1.52. The van der Waals surface area contributed by atoms with E-state index in [0.717, 1.165) is 0 Å². The average molecular weight is 277 g/mol. The molecule has 116 valence electrons. The van der Waals surface area contributed by atoms with E-state index in [9.17, 15) is 0 Å². The van der Waals surface area contributed by atoms with Crippen molar-refractivity contribution < 1.29 is 0 Å². The third kappa shape index (κ3) is 55.0. The molecule has 0 aromatic heterocycles. The first-order valence-corrected chi connectivity index (χ1v) is 6.62. The first-order chi connectivity index (χ1) is 9.41. The maximum Gasteiger partial charge on any atom is 0.0814 e. The van der Waals surface area contributed by atoms with E-state index in [1.165, 1.54) is 25.9 Å². The minimum absolute atomic E-state index is 0. The summed E-state index contributed by atoms with van der Waals surface area (Å²) in [6.07, 6.45) is 2.50. The van der Waals surface area contributed by atoms with Gasteiger partial charge in [0.15, 0.2) is 0 Å². The van der Waals surface area contributed by atoms with Gasteiger partial charge in [-0.2, -0.15) is 0 Å². The van der Waals surface area contributed by atoms with E-state index in [0.29, 0.717) is 0 Å². The number of benzene rings is 1. The Bertz CT molecular complexity index is 166. The molecule has 1 nitrogen and oxygen atoms in total. The predicted octanol–water partition coefficient (Wildman–Crippen LogP) is 4.31. The topological polar surface area (TPSA) is 12.0 Å². The van der Waals surface area contributed by atoms with Crippen LogP contribution in [0.4, 0.5) is 0 Å². The second kappa shape index (κ2) is 52.9. The summed E-state index contributed by atoms with van der Waals surface area (Å²) in [7, 11) is 0. The van der Waals surface area contributed by atoms with Crippen LogP contribution in [0.3, 0.4) is 0 Å². The van der Waals surface area contributed by atoms with Gasteiger partial charge in [0.1, 0.15) is 0 Å². The van der Waals surface area contributed by atoms with Crippen LogP contribution < -0.4 is 5.32 Å². The van der Waals surface area contributed by atoms with Gasteiger partial charge in [-0.15, -0.1) is 39.5 Å². The minimum Gasteiger partial charge on any atom is -0.317 e. The Morgan fingerprint density at radius 2 is 0.800 bits per heavy atom. The molecule has 2 heteroatoms. The summed E-state index contributed by atoms with van der Waals surface area (Å²) in [6, 6.07) is 12.0. The van der Waals surface area contributed by atoms with Gasteiger partial charge in [0.2, 0.25) is 0 Å². The van der Waals surface area contributed by atoms with Crippen molar-refractivity contribution in [3.8, 4) is 0 Å². The molecule has 0 fully saturated rings. The predicted molar refractivity (Wildman–Crippen MR) is 104 cm³/mol. The Hall–Kier alpha value is -1.54. The van der Waals surface area contributed by atoms with Crippen molar-refractivity contribution in [1.82, 2.24) is 5.32 Å².